The highest BCUT2D eigenvalue weighted by Gasteiger charge is 2.63. The van der Waals surface area contributed by atoms with Gasteiger partial charge in [-0.05, 0) is 30.7 Å². The zero-order valence-electron chi connectivity index (χ0n) is 25.9. The van der Waals surface area contributed by atoms with Gasteiger partial charge in [-0.2, -0.15) is 4.39 Å². The van der Waals surface area contributed by atoms with Crippen molar-refractivity contribution in [3.05, 3.63) is 153 Å². The van der Waals surface area contributed by atoms with Crippen LogP contribution in [0.15, 0.2) is 66.0 Å². The van der Waals surface area contributed by atoms with Crippen molar-refractivity contribution in [1.82, 2.24) is 0 Å². The number of allylic oxidation sites excluding steroid dienone is 1. The monoisotopic (exact) mass is 764 g/mol. The van der Waals surface area contributed by atoms with Crippen molar-refractivity contribution in [2.24, 2.45) is 0 Å². The van der Waals surface area contributed by atoms with Crippen molar-refractivity contribution < 1.29 is 65.8 Å². The van der Waals surface area contributed by atoms with Gasteiger partial charge in [-0.15, -0.1) is 5.47 Å². The van der Waals surface area contributed by atoms with Gasteiger partial charge in [0.25, 0.3) is 0 Å². The number of fused-ring (bicyclic) bond motifs is 1. The molecule has 0 bridgehead atoms. The van der Waals surface area contributed by atoms with E-state index in [1.807, 2.05) is 0 Å². The summed E-state index contributed by atoms with van der Waals surface area (Å²) >= 11 is 0. The molecule has 0 atom stereocenters. The van der Waals surface area contributed by atoms with E-state index in [-0.39, 0.29) is 17.0 Å². The first-order valence-corrected chi connectivity index (χ1v) is 16.8. The van der Waals surface area contributed by atoms with E-state index in [0.717, 1.165) is 0 Å². The van der Waals surface area contributed by atoms with E-state index in [9.17, 15) is 26.3 Å². The molecule has 0 N–H and O–H groups in total. The number of rotatable bonds is 7. The lowest BCUT2D eigenvalue weighted by atomic mass is 9.29. The van der Waals surface area contributed by atoms with E-state index >= 15 is 39.4 Å². The van der Waals surface area contributed by atoms with Crippen molar-refractivity contribution in [2.45, 2.75) is 19.8 Å². The molecule has 0 spiro atoms. The van der Waals surface area contributed by atoms with Crippen LogP contribution >= 0.6 is 7.26 Å². The second kappa shape index (κ2) is 13.0. The zero-order valence-corrected chi connectivity index (χ0v) is 26.8. The molecule has 1 aliphatic rings. The Morgan fingerprint density at radius 2 is 0.769 bits per heavy atom. The van der Waals surface area contributed by atoms with Crippen LogP contribution in [0.25, 0.3) is 5.47 Å². The lowest BCUT2D eigenvalue weighted by Gasteiger charge is -2.38. The van der Waals surface area contributed by atoms with Crippen molar-refractivity contribution in [2.75, 3.05) is 0 Å². The Kier molecular flexibility index (Phi) is 9.30. The van der Waals surface area contributed by atoms with E-state index in [0.29, 0.717) is 0 Å². The van der Waals surface area contributed by atoms with Crippen molar-refractivity contribution in [3.8, 4) is 0 Å². The molecule has 17 heteroatoms. The third-order valence-corrected chi connectivity index (χ3v) is 13.5. The zero-order chi connectivity index (χ0) is 38.2. The minimum atomic E-state index is -6.48. The highest BCUT2D eigenvalue weighted by atomic mass is 31.2. The molecule has 0 unspecified atom stereocenters. The van der Waals surface area contributed by atoms with Gasteiger partial charge >= 0.3 is 0 Å². The van der Waals surface area contributed by atoms with E-state index in [2.05, 4.69) is 0 Å². The Morgan fingerprint density at radius 1 is 0.442 bits per heavy atom. The minimum Gasteiger partial charge on any atom is -0.498 e. The van der Waals surface area contributed by atoms with Crippen LogP contribution in [0, 0.1) is 81.4 Å². The van der Waals surface area contributed by atoms with Gasteiger partial charge in [0.05, 0.1) is 5.31 Å². The van der Waals surface area contributed by atoms with Gasteiger partial charge in [-0.1, -0.05) is 54.2 Å². The molecule has 1 aliphatic heterocycles. The van der Waals surface area contributed by atoms with E-state index in [1.165, 1.54) is 67.6 Å². The predicted octanol–water partition coefficient (Wildman–Crippen LogP) is 8.72. The smallest absolute Gasteiger partial charge is 0.250 e. The first-order valence-electron chi connectivity index (χ1n) is 15.0. The summed E-state index contributed by atoms with van der Waals surface area (Å²) in [7, 11) is -4.58. The Labute approximate surface area is 284 Å². The summed E-state index contributed by atoms with van der Waals surface area (Å²) in [5.74, 6) is -40.7. The standard InChI is InChI=1S/C35H17BF15P/c1-2-9-16-18(36(51,19-22(38)27(43)31(47)28(44)23(19)39)20-24(40)29(45)32(48)30(46)25(20)41)17-21(37)26(42)33(49)34(50)35(17)52(16,14-10-5-3-6-11-14)15-12-7-4-8-13-15/h3-8,10-13H,2,9H2,1H3. The molecule has 0 amide bonds. The number of hydrogen-bond donors (Lipinski definition) is 0. The van der Waals surface area contributed by atoms with Gasteiger partial charge in [0.1, 0.15) is 41.1 Å². The van der Waals surface area contributed by atoms with Crippen LogP contribution in [0.1, 0.15) is 25.3 Å². The molecule has 5 aromatic carbocycles. The topological polar surface area (TPSA) is 0 Å². The van der Waals surface area contributed by atoms with Crippen LogP contribution in [-0.4, -0.2) is 6.42 Å². The minimum absolute atomic E-state index is 0.168. The summed E-state index contributed by atoms with van der Waals surface area (Å²) in [5, 5.41) is -2.46. The van der Waals surface area contributed by atoms with Gasteiger partial charge in [-0.25, -0.2) is 57.1 Å². The van der Waals surface area contributed by atoms with Gasteiger partial charge in [-0.3, -0.25) is 0 Å². The molecular weight excluding hydrogens is 747 g/mol. The number of benzene rings is 5. The largest absolute Gasteiger partial charge is 0.498 e. The molecule has 52 heavy (non-hydrogen) atoms. The molecule has 0 saturated carbocycles. The van der Waals surface area contributed by atoms with Gasteiger partial charge in [0, 0.05) is 12.0 Å². The average Bonchev–Trinajstić information content (AvgIpc) is 3.46. The number of halogens is 15. The highest BCUT2D eigenvalue weighted by Crippen LogP contribution is 2.71. The fourth-order valence-electron chi connectivity index (χ4n) is 7.01. The molecule has 1 heterocycles. The molecule has 0 saturated heterocycles. The fourth-order valence-corrected chi connectivity index (χ4v) is 12.1. The summed E-state index contributed by atoms with van der Waals surface area (Å²) in [6.07, 6.45) is -7.54. The third kappa shape index (κ3) is 4.78. The van der Waals surface area contributed by atoms with E-state index < -0.39 is 134 Å². The second-order valence-corrected chi connectivity index (χ2v) is 15.0. The Balaban J connectivity index is 2.04. The lowest BCUT2D eigenvalue weighted by Crippen LogP contribution is -2.62. The van der Waals surface area contributed by atoms with Crippen LogP contribution in [0.2, 0.25) is 0 Å². The van der Waals surface area contributed by atoms with Gasteiger partial charge in [0.15, 0.2) is 51.8 Å². The van der Waals surface area contributed by atoms with Crippen LogP contribution in [-0.2, 0) is 0 Å². The summed E-state index contributed by atoms with van der Waals surface area (Å²) in [6, 6.07) is 12.7. The lowest BCUT2D eigenvalue weighted by molar-refractivity contribution is 0.380. The fraction of sp³-hybridized carbons (Fsp3) is 0.0857. The predicted molar refractivity (Wildman–Crippen MR) is 165 cm³/mol. The Bertz CT molecular complexity index is 2160. The SMILES string of the molecule is CCCC1=C([B-](F)(c2c(F)c(F)c(F)c(F)c2F)c2c(F)c(F)c(F)c(F)c2F)c2c(F)c(F)c(F)c(F)c2[P+]1(c1ccccc1)c1ccccc1. The van der Waals surface area contributed by atoms with Crippen LogP contribution < -0.4 is 26.8 Å². The van der Waals surface area contributed by atoms with Crippen LogP contribution in [0.5, 0.6) is 0 Å². The molecule has 0 aliphatic carbocycles. The van der Waals surface area contributed by atoms with E-state index in [4.69, 9.17) is 0 Å². The first-order chi connectivity index (χ1) is 24.5. The normalized spacial score (nSPS) is 14.0. The molecule has 0 radical (unpaired) electrons. The summed E-state index contributed by atoms with van der Waals surface area (Å²) < 4.78 is 234. The maximum atomic E-state index is 18.8. The summed E-state index contributed by atoms with van der Waals surface area (Å²) in [6.45, 7) is 1.32. The highest BCUT2D eigenvalue weighted by molar-refractivity contribution is 7.99. The Morgan fingerprint density at radius 3 is 1.13 bits per heavy atom. The third-order valence-electron chi connectivity index (χ3n) is 9.02. The molecular formula is C35H17BF15P. The van der Waals surface area contributed by atoms with Crippen LogP contribution in [0.4, 0.5) is 65.8 Å². The second-order valence-electron chi connectivity index (χ2n) is 11.7. The van der Waals surface area contributed by atoms with Gasteiger partial charge < -0.3 is 4.32 Å². The first kappa shape index (κ1) is 37.1. The van der Waals surface area contributed by atoms with Crippen molar-refractivity contribution in [1.29, 1.82) is 0 Å². The van der Waals surface area contributed by atoms with Crippen molar-refractivity contribution >= 4 is 46.0 Å². The number of hydrogen-bond acceptors (Lipinski definition) is 0. The Hall–Kier alpha value is -4.72. The molecule has 0 nitrogen and oxygen atoms in total. The molecule has 270 valence electrons. The molecule has 6 rings (SSSR count). The average molecular weight is 764 g/mol. The maximum absolute atomic E-state index is 18.8. The molecule has 5 aromatic rings. The summed E-state index contributed by atoms with van der Waals surface area (Å²) in [4.78, 5) is 0. The molecule has 0 aromatic heterocycles. The van der Waals surface area contributed by atoms with Crippen LogP contribution in [0.3, 0.4) is 0 Å². The van der Waals surface area contributed by atoms with Crippen molar-refractivity contribution in [3.63, 3.8) is 0 Å². The molecule has 0 fully saturated rings. The quantitative estimate of drug-likeness (QED) is 0.0512. The summed E-state index contributed by atoms with van der Waals surface area (Å²) in [5.41, 5.74) is -9.46. The van der Waals surface area contributed by atoms with E-state index in [1.54, 1.807) is 0 Å². The van der Waals surface area contributed by atoms with Gasteiger partial charge in [0.2, 0.25) is 18.1 Å². The maximum Gasteiger partial charge on any atom is 0.250 e.